The predicted octanol–water partition coefficient (Wildman–Crippen LogP) is 5.06. The van der Waals surface area contributed by atoms with E-state index in [4.69, 9.17) is 11.6 Å². The predicted molar refractivity (Wildman–Crippen MR) is 138 cm³/mol. The molecular formula is C27H29ClN4O3. The molecule has 182 valence electrons. The van der Waals surface area contributed by atoms with Crippen molar-refractivity contribution in [1.82, 2.24) is 10.3 Å². The van der Waals surface area contributed by atoms with E-state index in [1.165, 1.54) is 4.90 Å². The summed E-state index contributed by atoms with van der Waals surface area (Å²) in [6.07, 6.45) is 1.42. The smallest absolute Gasteiger partial charge is 0.248 e. The van der Waals surface area contributed by atoms with Gasteiger partial charge in [0.2, 0.25) is 17.7 Å². The Kier molecular flexibility index (Phi) is 8.98. The van der Waals surface area contributed by atoms with Gasteiger partial charge in [-0.2, -0.15) is 0 Å². The van der Waals surface area contributed by atoms with Crippen LogP contribution in [0, 0.1) is 6.92 Å². The first-order valence-corrected chi connectivity index (χ1v) is 11.8. The fourth-order valence-corrected chi connectivity index (χ4v) is 3.75. The molecule has 0 radical (unpaired) electrons. The number of hydrogen-bond donors (Lipinski definition) is 2. The van der Waals surface area contributed by atoms with E-state index in [0.717, 1.165) is 5.56 Å². The summed E-state index contributed by atoms with van der Waals surface area (Å²) < 4.78 is 0. The number of nitrogens with one attached hydrogen (secondary N) is 2. The van der Waals surface area contributed by atoms with Gasteiger partial charge in [0, 0.05) is 35.8 Å². The Hall–Kier alpha value is -3.71. The minimum atomic E-state index is -0.942. The summed E-state index contributed by atoms with van der Waals surface area (Å²) in [4.78, 5) is 45.0. The topological polar surface area (TPSA) is 91.4 Å². The van der Waals surface area contributed by atoms with Crippen LogP contribution in [-0.2, 0) is 14.4 Å². The SMILES string of the molecule is Cc1cccc(N(C(=O)CCC(=O)Nc2ccccn2)[C@@H](C(=O)NC(C)C)c2ccc(Cl)cc2)c1. The van der Waals surface area contributed by atoms with E-state index in [9.17, 15) is 14.4 Å². The van der Waals surface area contributed by atoms with Gasteiger partial charge in [-0.1, -0.05) is 41.9 Å². The summed E-state index contributed by atoms with van der Waals surface area (Å²) in [6, 6.07) is 18.3. The first-order chi connectivity index (χ1) is 16.7. The van der Waals surface area contributed by atoms with E-state index in [1.54, 1.807) is 54.7 Å². The zero-order valence-corrected chi connectivity index (χ0v) is 20.8. The van der Waals surface area contributed by atoms with Gasteiger partial charge in [0.15, 0.2) is 0 Å². The van der Waals surface area contributed by atoms with Gasteiger partial charge >= 0.3 is 0 Å². The third-order valence-electron chi connectivity index (χ3n) is 5.17. The van der Waals surface area contributed by atoms with Crippen molar-refractivity contribution in [3.63, 3.8) is 0 Å². The van der Waals surface area contributed by atoms with Crippen molar-refractivity contribution in [3.05, 3.63) is 89.1 Å². The molecule has 0 aliphatic carbocycles. The van der Waals surface area contributed by atoms with Crippen LogP contribution in [0.4, 0.5) is 11.5 Å². The maximum absolute atomic E-state index is 13.6. The highest BCUT2D eigenvalue weighted by molar-refractivity contribution is 6.30. The summed E-state index contributed by atoms with van der Waals surface area (Å²) in [5.74, 6) is -0.604. The third kappa shape index (κ3) is 7.39. The molecule has 3 amide bonds. The van der Waals surface area contributed by atoms with E-state index in [0.29, 0.717) is 22.1 Å². The van der Waals surface area contributed by atoms with Gasteiger partial charge in [-0.15, -0.1) is 0 Å². The van der Waals surface area contributed by atoms with E-state index in [2.05, 4.69) is 15.6 Å². The van der Waals surface area contributed by atoms with Gasteiger partial charge in [0.25, 0.3) is 0 Å². The molecule has 1 atom stereocenters. The molecule has 0 spiro atoms. The third-order valence-corrected chi connectivity index (χ3v) is 5.42. The average molecular weight is 493 g/mol. The van der Waals surface area contributed by atoms with E-state index in [1.807, 2.05) is 39.0 Å². The summed E-state index contributed by atoms with van der Waals surface area (Å²) in [7, 11) is 0. The molecule has 8 heteroatoms. The Labute approximate surface area is 210 Å². The molecule has 0 saturated carbocycles. The molecule has 1 aromatic heterocycles. The molecule has 3 rings (SSSR count). The molecule has 3 aromatic rings. The van der Waals surface area contributed by atoms with Gasteiger partial charge in [0.05, 0.1) is 0 Å². The Morgan fingerprint density at radius 1 is 0.971 bits per heavy atom. The number of nitrogens with zero attached hydrogens (tertiary/aromatic N) is 2. The Morgan fingerprint density at radius 3 is 2.34 bits per heavy atom. The fourth-order valence-electron chi connectivity index (χ4n) is 3.62. The molecule has 0 unspecified atom stereocenters. The molecule has 0 fully saturated rings. The number of carbonyl (C=O) groups excluding carboxylic acids is 3. The number of aromatic nitrogens is 1. The first-order valence-electron chi connectivity index (χ1n) is 11.4. The lowest BCUT2D eigenvalue weighted by Crippen LogP contribution is -2.46. The van der Waals surface area contributed by atoms with Crippen molar-refractivity contribution < 1.29 is 14.4 Å². The van der Waals surface area contributed by atoms with E-state index >= 15 is 0 Å². The van der Waals surface area contributed by atoms with Crippen molar-refractivity contribution in [2.24, 2.45) is 0 Å². The lowest BCUT2D eigenvalue weighted by molar-refractivity contribution is -0.127. The summed E-state index contributed by atoms with van der Waals surface area (Å²) >= 11 is 6.08. The number of benzene rings is 2. The van der Waals surface area contributed by atoms with Crippen LogP contribution in [0.2, 0.25) is 5.02 Å². The van der Waals surface area contributed by atoms with Crippen LogP contribution in [0.15, 0.2) is 72.9 Å². The van der Waals surface area contributed by atoms with Crippen molar-refractivity contribution in [3.8, 4) is 0 Å². The molecule has 2 aromatic carbocycles. The molecular weight excluding hydrogens is 464 g/mol. The fraction of sp³-hybridized carbons (Fsp3) is 0.259. The summed E-state index contributed by atoms with van der Waals surface area (Å²) in [5.41, 5.74) is 2.12. The zero-order chi connectivity index (χ0) is 25.4. The van der Waals surface area contributed by atoms with Gasteiger partial charge in [-0.3, -0.25) is 19.3 Å². The first kappa shape index (κ1) is 25.9. The molecule has 1 heterocycles. The largest absolute Gasteiger partial charge is 0.352 e. The minimum Gasteiger partial charge on any atom is -0.352 e. The average Bonchev–Trinajstić information content (AvgIpc) is 2.82. The van der Waals surface area contributed by atoms with Crippen LogP contribution in [0.5, 0.6) is 0 Å². The molecule has 7 nitrogen and oxygen atoms in total. The molecule has 2 N–H and O–H groups in total. The Balaban J connectivity index is 1.93. The summed E-state index contributed by atoms with van der Waals surface area (Å²) in [5, 5.41) is 6.13. The van der Waals surface area contributed by atoms with Crippen LogP contribution in [-0.4, -0.2) is 28.7 Å². The molecule has 0 aliphatic rings. The normalized spacial score (nSPS) is 11.6. The van der Waals surface area contributed by atoms with Crippen molar-refractivity contribution >= 4 is 40.8 Å². The van der Waals surface area contributed by atoms with Crippen molar-refractivity contribution in [1.29, 1.82) is 0 Å². The van der Waals surface area contributed by atoms with E-state index in [-0.39, 0.29) is 36.6 Å². The second-order valence-electron chi connectivity index (χ2n) is 8.48. The molecule has 0 bridgehead atoms. The number of aryl methyl sites for hydroxylation is 1. The highest BCUT2D eigenvalue weighted by atomic mass is 35.5. The zero-order valence-electron chi connectivity index (χ0n) is 20.0. The van der Waals surface area contributed by atoms with Crippen LogP contribution in [0.25, 0.3) is 0 Å². The Bertz CT molecular complexity index is 1170. The van der Waals surface area contributed by atoms with Crippen LogP contribution < -0.4 is 15.5 Å². The second kappa shape index (κ2) is 12.1. The highest BCUT2D eigenvalue weighted by Gasteiger charge is 2.33. The lowest BCUT2D eigenvalue weighted by Gasteiger charge is -2.32. The number of anilines is 2. The number of rotatable bonds is 9. The minimum absolute atomic E-state index is 0.0587. The number of hydrogen-bond acceptors (Lipinski definition) is 4. The molecule has 0 saturated heterocycles. The highest BCUT2D eigenvalue weighted by Crippen LogP contribution is 2.30. The maximum Gasteiger partial charge on any atom is 0.248 e. The van der Waals surface area contributed by atoms with E-state index < -0.39 is 6.04 Å². The van der Waals surface area contributed by atoms with Gasteiger partial charge in [0.1, 0.15) is 11.9 Å². The lowest BCUT2D eigenvalue weighted by atomic mass is 10.0. The van der Waals surface area contributed by atoms with Crippen molar-refractivity contribution in [2.75, 3.05) is 10.2 Å². The van der Waals surface area contributed by atoms with Crippen LogP contribution in [0.1, 0.15) is 43.9 Å². The van der Waals surface area contributed by atoms with Gasteiger partial charge in [-0.05, 0) is 68.3 Å². The number of amides is 3. The van der Waals surface area contributed by atoms with Crippen LogP contribution in [0.3, 0.4) is 0 Å². The number of halogens is 1. The van der Waals surface area contributed by atoms with Gasteiger partial charge < -0.3 is 10.6 Å². The Morgan fingerprint density at radius 2 is 1.71 bits per heavy atom. The van der Waals surface area contributed by atoms with Gasteiger partial charge in [-0.25, -0.2) is 4.98 Å². The van der Waals surface area contributed by atoms with Crippen molar-refractivity contribution in [2.45, 2.75) is 45.7 Å². The maximum atomic E-state index is 13.6. The number of carbonyl (C=O) groups is 3. The second-order valence-corrected chi connectivity index (χ2v) is 8.92. The monoisotopic (exact) mass is 492 g/mol. The standard InChI is InChI=1S/C27H29ClN4O3/c1-18(2)30-27(35)26(20-10-12-21(28)13-11-20)32(22-8-6-7-19(3)17-22)25(34)15-14-24(33)31-23-9-4-5-16-29-23/h4-13,16-18,26H,14-15H2,1-3H3,(H,30,35)(H,29,31,33)/t26-/m1/s1. The molecule has 35 heavy (non-hydrogen) atoms. The molecule has 0 aliphatic heterocycles. The number of pyridine rings is 1. The van der Waals surface area contributed by atoms with Crippen LogP contribution >= 0.6 is 11.6 Å². The summed E-state index contributed by atoms with van der Waals surface area (Å²) in [6.45, 7) is 5.63. The quantitative estimate of drug-likeness (QED) is 0.436.